The van der Waals surface area contributed by atoms with Crippen LogP contribution < -0.4 is 5.73 Å². The largest absolute Gasteiger partial charge is 0.327 e. The third-order valence-corrected chi connectivity index (χ3v) is 5.65. The molecule has 2 N–H and O–H groups in total. The zero-order valence-corrected chi connectivity index (χ0v) is 12.5. The molecule has 2 rings (SSSR count). The van der Waals surface area contributed by atoms with Crippen molar-refractivity contribution in [3.8, 4) is 0 Å². The lowest BCUT2D eigenvalue weighted by Crippen LogP contribution is -2.41. The molecule has 18 heavy (non-hydrogen) atoms. The zero-order valence-electron chi connectivity index (χ0n) is 12.5. The lowest BCUT2D eigenvalue weighted by atomic mass is 9.70. The lowest BCUT2D eigenvalue weighted by molar-refractivity contribution is 0.158. The van der Waals surface area contributed by atoms with Crippen LogP contribution in [0.3, 0.4) is 0 Å². The molecule has 0 bridgehead atoms. The van der Waals surface area contributed by atoms with Gasteiger partial charge >= 0.3 is 0 Å². The van der Waals surface area contributed by atoms with E-state index in [9.17, 15) is 0 Å². The van der Waals surface area contributed by atoms with Gasteiger partial charge in [-0.2, -0.15) is 0 Å². The van der Waals surface area contributed by atoms with E-state index in [1.165, 1.54) is 64.2 Å². The normalized spacial score (nSPS) is 39.5. The van der Waals surface area contributed by atoms with Crippen LogP contribution in [0.5, 0.6) is 0 Å². The maximum atomic E-state index is 6.60. The van der Waals surface area contributed by atoms with Crippen LogP contribution in [0, 0.1) is 23.7 Å². The molecule has 3 atom stereocenters. The Bertz CT molecular complexity index is 230. The highest BCUT2D eigenvalue weighted by Crippen LogP contribution is 2.38. The number of hydrogen-bond donors (Lipinski definition) is 1. The molecular weight excluding hydrogens is 218 g/mol. The van der Waals surface area contributed by atoms with Crippen LogP contribution in [0.4, 0.5) is 0 Å². The third kappa shape index (κ3) is 3.73. The highest BCUT2D eigenvalue weighted by Gasteiger charge is 2.32. The Morgan fingerprint density at radius 1 is 1.00 bits per heavy atom. The van der Waals surface area contributed by atoms with Gasteiger partial charge < -0.3 is 5.73 Å². The van der Waals surface area contributed by atoms with Gasteiger partial charge in [-0.3, -0.25) is 0 Å². The number of nitrogens with two attached hydrogens (primary N) is 1. The van der Waals surface area contributed by atoms with Crippen molar-refractivity contribution in [3.05, 3.63) is 0 Å². The van der Waals surface area contributed by atoms with E-state index in [0.29, 0.717) is 6.04 Å². The zero-order chi connectivity index (χ0) is 13.0. The Labute approximate surface area is 114 Å². The predicted molar refractivity (Wildman–Crippen MR) is 79.5 cm³/mol. The summed E-state index contributed by atoms with van der Waals surface area (Å²) in [5.41, 5.74) is 6.60. The first-order chi connectivity index (χ1) is 8.70. The molecule has 0 aromatic carbocycles. The Balaban J connectivity index is 1.77. The Morgan fingerprint density at radius 2 is 1.72 bits per heavy atom. The van der Waals surface area contributed by atoms with Gasteiger partial charge in [0.1, 0.15) is 0 Å². The summed E-state index contributed by atoms with van der Waals surface area (Å²) in [5.74, 6) is 3.62. The summed E-state index contributed by atoms with van der Waals surface area (Å²) in [6.07, 6.45) is 14.2. The molecule has 2 aliphatic rings. The van der Waals surface area contributed by atoms with Crippen molar-refractivity contribution in [2.24, 2.45) is 29.4 Å². The van der Waals surface area contributed by atoms with Crippen molar-refractivity contribution in [2.75, 3.05) is 0 Å². The van der Waals surface area contributed by atoms with Gasteiger partial charge in [0.25, 0.3) is 0 Å². The Morgan fingerprint density at radius 3 is 2.33 bits per heavy atom. The van der Waals surface area contributed by atoms with Gasteiger partial charge in [0.15, 0.2) is 0 Å². The average Bonchev–Trinajstić information content (AvgIpc) is 2.39. The summed E-state index contributed by atoms with van der Waals surface area (Å²) in [6.45, 7) is 4.73. The van der Waals surface area contributed by atoms with E-state index < -0.39 is 0 Å². The Hall–Kier alpha value is -0.0400. The fraction of sp³-hybridized carbons (Fsp3) is 1.00. The highest BCUT2D eigenvalue weighted by molar-refractivity contribution is 4.86. The van der Waals surface area contributed by atoms with Crippen LogP contribution in [-0.4, -0.2) is 6.04 Å². The highest BCUT2D eigenvalue weighted by atomic mass is 14.7. The van der Waals surface area contributed by atoms with Crippen molar-refractivity contribution in [2.45, 2.75) is 84.1 Å². The minimum atomic E-state index is 0.510. The summed E-state index contributed by atoms with van der Waals surface area (Å²) in [6, 6.07) is 0.510. The van der Waals surface area contributed by atoms with Crippen LogP contribution in [-0.2, 0) is 0 Å². The second-order valence-electron chi connectivity index (χ2n) is 7.18. The minimum absolute atomic E-state index is 0.510. The van der Waals surface area contributed by atoms with Crippen molar-refractivity contribution in [3.63, 3.8) is 0 Å². The molecule has 0 heterocycles. The van der Waals surface area contributed by atoms with Crippen LogP contribution in [0.2, 0.25) is 0 Å². The van der Waals surface area contributed by atoms with E-state index in [2.05, 4.69) is 13.8 Å². The van der Waals surface area contributed by atoms with Gasteiger partial charge in [-0.25, -0.2) is 0 Å². The van der Waals surface area contributed by atoms with E-state index in [0.717, 1.165) is 23.7 Å². The van der Waals surface area contributed by atoms with E-state index in [4.69, 9.17) is 5.73 Å². The van der Waals surface area contributed by atoms with Gasteiger partial charge in [-0.15, -0.1) is 0 Å². The summed E-state index contributed by atoms with van der Waals surface area (Å²) >= 11 is 0. The van der Waals surface area contributed by atoms with Crippen molar-refractivity contribution in [1.29, 1.82) is 0 Å². The van der Waals surface area contributed by atoms with Crippen molar-refractivity contribution >= 4 is 0 Å². The fourth-order valence-electron chi connectivity index (χ4n) is 4.49. The molecule has 2 fully saturated rings. The van der Waals surface area contributed by atoms with Crippen LogP contribution in [0.15, 0.2) is 0 Å². The molecule has 0 saturated heterocycles. The molecule has 0 aromatic rings. The fourth-order valence-corrected chi connectivity index (χ4v) is 4.49. The topological polar surface area (TPSA) is 26.0 Å². The monoisotopic (exact) mass is 251 g/mol. The van der Waals surface area contributed by atoms with Gasteiger partial charge in [-0.05, 0) is 49.4 Å². The summed E-state index contributed by atoms with van der Waals surface area (Å²) < 4.78 is 0. The predicted octanol–water partition coefficient (Wildman–Crippen LogP) is 4.75. The smallest absolute Gasteiger partial charge is 0.00957 e. The average molecular weight is 251 g/mol. The molecule has 0 aromatic heterocycles. The maximum Gasteiger partial charge on any atom is 0.00957 e. The SMILES string of the molecule is CCCC1CCC(C(N)C2CCCC(C)C2)CC1. The minimum Gasteiger partial charge on any atom is -0.327 e. The van der Waals surface area contributed by atoms with E-state index in [-0.39, 0.29) is 0 Å². The molecule has 0 aliphatic heterocycles. The standard InChI is InChI=1S/C17H33N/c1-3-5-14-8-10-15(11-9-14)17(18)16-7-4-6-13(2)12-16/h13-17H,3-12,18H2,1-2H3. The molecule has 0 radical (unpaired) electrons. The van der Waals surface area contributed by atoms with Crippen molar-refractivity contribution in [1.82, 2.24) is 0 Å². The summed E-state index contributed by atoms with van der Waals surface area (Å²) in [5, 5.41) is 0. The number of hydrogen-bond acceptors (Lipinski definition) is 1. The van der Waals surface area contributed by atoms with Crippen molar-refractivity contribution < 1.29 is 0 Å². The molecule has 0 amide bonds. The van der Waals surface area contributed by atoms with E-state index >= 15 is 0 Å². The molecule has 1 heteroatoms. The quantitative estimate of drug-likeness (QED) is 0.767. The van der Waals surface area contributed by atoms with Crippen LogP contribution in [0.1, 0.15) is 78.1 Å². The maximum absolute atomic E-state index is 6.60. The summed E-state index contributed by atoms with van der Waals surface area (Å²) in [4.78, 5) is 0. The molecule has 1 nitrogen and oxygen atoms in total. The van der Waals surface area contributed by atoms with Gasteiger partial charge in [0, 0.05) is 6.04 Å². The van der Waals surface area contributed by atoms with E-state index in [1.54, 1.807) is 0 Å². The van der Waals surface area contributed by atoms with Gasteiger partial charge in [-0.1, -0.05) is 52.4 Å². The molecule has 2 aliphatic carbocycles. The van der Waals surface area contributed by atoms with Gasteiger partial charge in [0.05, 0.1) is 0 Å². The first kappa shape index (κ1) is 14.4. The lowest BCUT2D eigenvalue weighted by Gasteiger charge is -2.38. The second kappa shape index (κ2) is 6.93. The first-order valence-corrected chi connectivity index (χ1v) is 8.46. The summed E-state index contributed by atoms with van der Waals surface area (Å²) in [7, 11) is 0. The second-order valence-corrected chi connectivity index (χ2v) is 7.18. The molecular formula is C17H33N. The van der Waals surface area contributed by atoms with E-state index in [1.807, 2.05) is 0 Å². The van der Waals surface area contributed by atoms with Crippen LogP contribution in [0.25, 0.3) is 0 Å². The van der Waals surface area contributed by atoms with Gasteiger partial charge in [0.2, 0.25) is 0 Å². The van der Waals surface area contributed by atoms with Crippen LogP contribution >= 0.6 is 0 Å². The molecule has 106 valence electrons. The Kier molecular flexibility index (Phi) is 5.54. The number of rotatable bonds is 4. The molecule has 3 unspecified atom stereocenters. The molecule has 0 spiro atoms. The molecule has 2 saturated carbocycles. The third-order valence-electron chi connectivity index (χ3n) is 5.65. The first-order valence-electron chi connectivity index (χ1n) is 8.46.